The highest BCUT2D eigenvalue weighted by Crippen LogP contribution is 2.35. The number of para-hydroxylation sites is 1. The fraction of sp³-hybridized carbons (Fsp3) is 0.543. The maximum atomic E-state index is 13.4. The Morgan fingerprint density at radius 1 is 0.850 bits per heavy atom. The third-order valence-electron chi connectivity index (χ3n) is 7.42. The molecule has 1 heterocycles. The smallest absolute Gasteiger partial charge is 0.259 e. The summed E-state index contributed by atoms with van der Waals surface area (Å²) >= 11 is 1.68. The van der Waals surface area contributed by atoms with Crippen LogP contribution in [-0.2, 0) is 12.0 Å². The quantitative estimate of drug-likeness (QED) is 0.124. The van der Waals surface area contributed by atoms with E-state index in [9.17, 15) is 4.79 Å². The Morgan fingerprint density at radius 3 is 2.05 bits per heavy atom. The fourth-order valence-corrected chi connectivity index (χ4v) is 5.63. The molecule has 3 rings (SSSR count). The van der Waals surface area contributed by atoms with Crippen molar-refractivity contribution in [2.24, 2.45) is 0 Å². The van der Waals surface area contributed by atoms with Crippen LogP contribution in [0.25, 0.3) is 0 Å². The molecule has 4 nitrogen and oxygen atoms in total. The summed E-state index contributed by atoms with van der Waals surface area (Å²) in [5, 5.41) is 5.16. The molecule has 218 valence electrons. The van der Waals surface area contributed by atoms with Crippen LogP contribution in [0.1, 0.15) is 126 Å². The van der Waals surface area contributed by atoms with Crippen LogP contribution in [0.5, 0.6) is 5.75 Å². The number of hydrogen-bond donors (Lipinski definition) is 1. The van der Waals surface area contributed by atoms with E-state index in [0.717, 1.165) is 30.0 Å². The first-order valence-corrected chi connectivity index (χ1v) is 16.4. The Hall–Kier alpha value is -2.66. The molecule has 3 aromatic rings. The van der Waals surface area contributed by atoms with E-state index in [1.165, 1.54) is 76.2 Å². The van der Waals surface area contributed by atoms with Crippen LogP contribution in [0, 0.1) is 0 Å². The molecule has 0 aliphatic rings. The summed E-state index contributed by atoms with van der Waals surface area (Å²) in [7, 11) is 0. The first kappa shape index (κ1) is 31.9. The molecule has 2 aromatic carbocycles. The summed E-state index contributed by atoms with van der Waals surface area (Å²) in [6.45, 7) is 10.3. The number of amides is 1. The second-order valence-electron chi connectivity index (χ2n) is 12.0. The Kier molecular flexibility index (Phi) is 13.7. The number of unbranched alkanes of at least 4 members (excludes halogenated alkanes) is 11. The van der Waals surface area contributed by atoms with Crippen LogP contribution >= 0.6 is 11.3 Å². The number of thiazole rings is 1. The highest BCUT2D eigenvalue weighted by atomic mass is 32.1. The van der Waals surface area contributed by atoms with Crippen molar-refractivity contribution >= 4 is 22.9 Å². The zero-order chi connectivity index (χ0) is 28.6. The number of anilines is 1. The Labute approximate surface area is 247 Å². The van der Waals surface area contributed by atoms with Crippen molar-refractivity contribution in [3.8, 4) is 5.75 Å². The minimum Gasteiger partial charge on any atom is -0.492 e. The standard InChI is InChI=1S/C35H50N2O2S/c1-5-6-7-8-9-10-11-12-13-14-15-16-25-39-33-31(18-17-19-32(33)35(2,3)4)34(38)36-30-22-20-29(21-23-30)27-37-24-26-40-28-37/h17-24,26,28H,5-16,25,27H2,1-4H3/p+1. The second kappa shape index (κ2) is 17.2. The van der Waals surface area contributed by atoms with E-state index in [2.05, 4.69) is 72.9 Å². The highest BCUT2D eigenvalue weighted by molar-refractivity contribution is 7.07. The predicted octanol–water partition coefficient (Wildman–Crippen LogP) is 9.71. The van der Waals surface area contributed by atoms with Crippen LogP contribution in [0.15, 0.2) is 59.6 Å². The number of carbonyl (C=O) groups excluding carboxylic acids is 1. The topological polar surface area (TPSA) is 42.2 Å². The monoisotopic (exact) mass is 563 g/mol. The van der Waals surface area contributed by atoms with Crippen molar-refractivity contribution in [2.75, 3.05) is 11.9 Å². The second-order valence-corrected chi connectivity index (χ2v) is 12.8. The SMILES string of the molecule is CCCCCCCCCCCCCCOc1c(C(=O)Nc2ccc(C[n+]3ccsc3)cc2)cccc1C(C)(C)C. The van der Waals surface area contributed by atoms with Crippen LogP contribution in [0.2, 0.25) is 0 Å². The average Bonchev–Trinajstić information content (AvgIpc) is 3.45. The molecule has 40 heavy (non-hydrogen) atoms. The highest BCUT2D eigenvalue weighted by Gasteiger charge is 2.24. The molecule has 5 heteroatoms. The largest absolute Gasteiger partial charge is 0.492 e. The van der Waals surface area contributed by atoms with Gasteiger partial charge in [0.05, 0.1) is 17.6 Å². The van der Waals surface area contributed by atoms with Crippen LogP contribution < -0.4 is 14.6 Å². The van der Waals surface area contributed by atoms with Gasteiger partial charge in [-0.25, -0.2) is 0 Å². The Morgan fingerprint density at radius 2 is 1.48 bits per heavy atom. The molecule has 0 aliphatic heterocycles. The average molecular weight is 564 g/mol. The normalized spacial score (nSPS) is 11.5. The minimum absolute atomic E-state index is 0.122. The van der Waals surface area contributed by atoms with Gasteiger partial charge in [-0.05, 0) is 30.0 Å². The molecule has 0 unspecified atom stereocenters. The van der Waals surface area contributed by atoms with Gasteiger partial charge in [-0.2, -0.15) is 4.57 Å². The molecule has 0 atom stereocenters. The molecule has 1 N–H and O–H groups in total. The van der Waals surface area contributed by atoms with Crippen LogP contribution in [0.4, 0.5) is 5.69 Å². The van der Waals surface area contributed by atoms with Gasteiger partial charge in [0.1, 0.15) is 5.75 Å². The van der Waals surface area contributed by atoms with Crippen molar-refractivity contribution in [3.05, 3.63) is 76.2 Å². The van der Waals surface area contributed by atoms with E-state index in [4.69, 9.17) is 4.74 Å². The molecule has 1 amide bonds. The molecule has 0 radical (unpaired) electrons. The number of nitrogens with zero attached hydrogens (tertiary/aromatic N) is 1. The molecule has 1 aromatic heterocycles. The summed E-state index contributed by atoms with van der Waals surface area (Å²) in [5.74, 6) is 0.594. The molecule has 0 spiro atoms. The van der Waals surface area contributed by atoms with Crippen LogP contribution in [0.3, 0.4) is 0 Å². The van der Waals surface area contributed by atoms with Crippen molar-refractivity contribution in [1.29, 1.82) is 0 Å². The lowest BCUT2D eigenvalue weighted by Gasteiger charge is -2.24. The van der Waals surface area contributed by atoms with Gasteiger partial charge in [0.25, 0.3) is 5.91 Å². The van der Waals surface area contributed by atoms with Crippen LogP contribution in [-0.4, -0.2) is 12.5 Å². The van der Waals surface area contributed by atoms with Gasteiger partial charge < -0.3 is 10.1 Å². The number of carbonyl (C=O) groups is 1. The van der Waals surface area contributed by atoms with Crippen molar-refractivity contribution in [1.82, 2.24) is 0 Å². The number of benzene rings is 2. The van der Waals surface area contributed by atoms with E-state index in [1.54, 1.807) is 11.3 Å². The third kappa shape index (κ3) is 11.1. The molecular weight excluding hydrogens is 512 g/mol. The summed E-state index contributed by atoms with van der Waals surface area (Å²) in [4.78, 5) is 13.4. The molecule has 0 bridgehead atoms. The van der Waals surface area contributed by atoms with E-state index in [-0.39, 0.29) is 11.3 Å². The summed E-state index contributed by atoms with van der Waals surface area (Å²) in [6, 6.07) is 14.0. The Bertz CT molecular complexity index is 1120. The van der Waals surface area contributed by atoms with Gasteiger partial charge >= 0.3 is 0 Å². The Balaban J connectivity index is 1.48. The van der Waals surface area contributed by atoms with Gasteiger partial charge in [0.2, 0.25) is 5.51 Å². The lowest BCUT2D eigenvalue weighted by molar-refractivity contribution is -0.683. The zero-order valence-corrected chi connectivity index (χ0v) is 26.2. The predicted molar refractivity (Wildman–Crippen MR) is 170 cm³/mol. The maximum absolute atomic E-state index is 13.4. The van der Waals surface area contributed by atoms with Crippen molar-refractivity contribution in [2.45, 2.75) is 117 Å². The van der Waals surface area contributed by atoms with E-state index < -0.39 is 0 Å². The number of rotatable bonds is 18. The summed E-state index contributed by atoms with van der Waals surface area (Å²) < 4.78 is 8.51. The molecule has 0 saturated carbocycles. The maximum Gasteiger partial charge on any atom is 0.259 e. The van der Waals surface area contributed by atoms with Gasteiger partial charge in [-0.1, -0.05) is 134 Å². The first-order valence-electron chi connectivity index (χ1n) is 15.5. The fourth-order valence-electron chi connectivity index (χ4n) is 5.03. The molecule has 0 saturated heterocycles. The van der Waals surface area contributed by atoms with Crippen molar-refractivity contribution in [3.63, 3.8) is 0 Å². The number of nitrogens with one attached hydrogen (secondary N) is 1. The number of aromatic nitrogens is 1. The zero-order valence-electron chi connectivity index (χ0n) is 25.3. The van der Waals surface area contributed by atoms with Crippen molar-refractivity contribution < 1.29 is 14.1 Å². The molecule has 0 fully saturated rings. The van der Waals surface area contributed by atoms with E-state index >= 15 is 0 Å². The summed E-state index contributed by atoms with van der Waals surface area (Å²) in [5.41, 5.74) is 5.63. The summed E-state index contributed by atoms with van der Waals surface area (Å²) in [6.07, 6.45) is 17.9. The van der Waals surface area contributed by atoms with E-state index in [1.807, 2.05) is 24.3 Å². The lowest BCUT2D eigenvalue weighted by atomic mass is 9.85. The minimum atomic E-state index is -0.129. The number of hydrogen-bond acceptors (Lipinski definition) is 3. The molecule has 0 aliphatic carbocycles. The lowest BCUT2D eigenvalue weighted by Crippen LogP contribution is -2.30. The van der Waals surface area contributed by atoms with Gasteiger partial charge in [-0.15, -0.1) is 0 Å². The van der Waals surface area contributed by atoms with E-state index in [0.29, 0.717) is 12.2 Å². The number of ether oxygens (including phenoxy) is 1. The van der Waals surface area contributed by atoms with Gasteiger partial charge in [0.15, 0.2) is 12.7 Å². The van der Waals surface area contributed by atoms with Gasteiger partial charge in [0, 0.05) is 16.8 Å². The first-order chi connectivity index (χ1) is 19.4. The third-order valence-corrected chi connectivity index (χ3v) is 8.09. The van der Waals surface area contributed by atoms with Gasteiger partial charge in [-0.3, -0.25) is 4.79 Å². The molecular formula is C35H51N2O2S+.